The van der Waals surface area contributed by atoms with Crippen LogP contribution >= 0.6 is 0 Å². The van der Waals surface area contributed by atoms with E-state index in [1.807, 2.05) is 0 Å². The Bertz CT molecular complexity index is 95.1. The van der Waals surface area contributed by atoms with Gasteiger partial charge < -0.3 is 5.11 Å². The van der Waals surface area contributed by atoms with Gasteiger partial charge in [-0.25, -0.2) is 0 Å². The maximum absolute atomic E-state index is 9.00. The summed E-state index contributed by atoms with van der Waals surface area (Å²) >= 11 is 1.71. The van der Waals surface area contributed by atoms with Gasteiger partial charge in [-0.05, 0) is 0 Å². The van der Waals surface area contributed by atoms with Crippen molar-refractivity contribution in [2.75, 3.05) is 0 Å². The van der Waals surface area contributed by atoms with Crippen LogP contribution in [0.4, 0.5) is 0 Å². The van der Waals surface area contributed by atoms with Gasteiger partial charge in [0, 0.05) is 6.92 Å². The molecule has 0 aliphatic rings. The third-order valence-electron chi connectivity index (χ3n) is 1.53. The van der Waals surface area contributed by atoms with Gasteiger partial charge in [-0.2, -0.15) is 0 Å². The Morgan fingerprint density at radius 1 is 1.15 bits per heavy atom. The Balaban J connectivity index is 0. The van der Waals surface area contributed by atoms with Gasteiger partial charge in [-0.3, -0.25) is 4.79 Å². The fourth-order valence-electron chi connectivity index (χ4n) is 0.905. The number of aliphatic carboxylic acids is 1. The Kier molecular flexibility index (Phi) is 17.9. The zero-order valence-corrected chi connectivity index (χ0v) is 11.7. The molecule has 3 heteroatoms. The fraction of sp³-hybridized carbons (Fsp3) is 0.900. The molecule has 0 unspecified atom stereocenters. The van der Waals surface area contributed by atoms with Crippen molar-refractivity contribution < 1.29 is 9.90 Å². The van der Waals surface area contributed by atoms with Crippen molar-refractivity contribution in [3.8, 4) is 0 Å². The fourth-order valence-corrected chi connectivity index (χ4v) is 1.62. The quantitative estimate of drug-likeness (QED) is 0.603. The first kappa shape index (κ1) is 15.7. The Morgan fingerprint density at radius 3 is 1.92 bits per heavy atom. The summed E-state index contributed by atoms with van der Waals surface area (Å²) in [7, 11) is 0. The van der Waals surface area contributed by atoms with E-state index in [2.05, 4.69) is 6.92 Å². The summed E-state index contributed by atoms with van der Waals surface area (Å²) in [5.41, 5.74) is 0. The Morgan fingerprint density at radius 2 is 1.54 bits per heavy atom. The number of carboxylic acid groups (broad SMARTS) is 1. The molecule has 0 aliphatic carbocycles. The normalized spacial score (nSPS) is 8.85. The van der Waals surface area contributed by atoms with Crippen LogP contribution in [0, 0.1) is 0 Å². The van der Waals surface area contributed by atoms with Gasteiger partial charge in [-0.1, -0.05) is 0 Å². The summed E-state index contributed by atoms with van der Waals surface area (Å²) < 4.78 is 1.46. The molecule has 0 rings (SSSR count). The summed E-state index contributed by atoms with van der Waals surface area (Å²) in [4.78, 5) is 9.00. The molecule has 0 aromatic carbocycles. The van der Waals surface area contributed by atoms with Gasteiger partial charge >= 0.3 is 72.4 Å². The Labute approximate surface area is 95.2 Å². The molecule has 0 spiro atoms. The van der Waals surface area contributed by atoms with E-state index in [0.29, 0.717) is 0 Å². The molecule has 0 saturated heterocycles. The second-order valence-electron chi connectivity index (χ2n) is 3.04. The minimum atomic E-state index is -0.833. The van der Waals surface area contributed by atoms with Gasteiger partial charge in [0.15, 0.2) is 0 Å². The van der Waals surface area contributed by atoms with Crippen molar-refractivity contribution in [3.63, 3.8) is 0 Å². The molecule has 77 valence electrons. The summed E-state index contributed by atoms with van der Waals surface area (Å²) in [5, 5.41) is 7.42. The van der Waals surface area contributed by atoms with Crippen molar-refractivity contribution in [2.45, 2.75) is 56.8 Å². The van der Waals surface area contributed by atoms with Crippen LogP contribution in [0.15, 0.2) is 0 Å². The molecular formula is C10H21O2Sn. The van der Waals surface area contributed by atoms with Crippen molar-refractivity contribution in [3.05, 3.63) is 0 Å². The van der Waals surface area contributed by atoms with Gasteiger partial charge in [0.05, 0.1) is 0 Å². The molecule has 0 saturated carbocycles. The Hall–Kier alpha value is 0.269. The first-order valence-electron chi connectivity index (χ1n) is 4.99. The standard InChI is InChI=1S/C8H17.C2H4O2.Sn/c1-3-5-7-8-6-4-2;1-2(3)4;/h1,3-8H2,2H3;1H3,(H,3,4);. The first-order chi connectivity index (χ1) is 6.15. The third-order valence-corrected chi connectivity index (χ3v) is 2.54. The average molecular weight is 292 g/mol. The summed E-state index contributed by atoms with van der Waals surface area (Å²) in [5.74, 6) is -0.833. The molecule has 3 radical (unpaired) electrons. The van der Waals surface area contributed by atoms with Gasteiger partial charge in [0.1, 0.15) is 0 Å². The summed E-state index contributed by atoms with van der Waals surface area (Å²) in [6.45, 7) is 3.35. The third kappa shape index (κ3) is 32.9. The molecule has 0 heterocycles. The van der Waals surface area contributed by atoms with E-state index in [1.54, 1.807) is 22.5 Å². The predicted molar refractivity (Wildman–Crippen MR) is 57.2 cm³/mol. The van der Waals surface area contributed by atoms with Crippen LogP contribution in [0.2, 0.25) is 4.44 Å². The van der Waals surface area contributed by atoms with E-state index < -0.39 is 5.97 Å². The van der Waals surface area contributed by atoms with E-state index in [0.717, 1.165) is 6.92 Å². The van der Waals surface area contributed by atoms with E-state index in [-0.39, 0.29) is 0 Å². The second kappa shape index (κ2) is 14.8. The van der Waals surface area contributed by atoms with E-state index >= 15 is 0 Å². The molecule has 1 N–H and O–H groups in total. The van der Waals surface area contributed by atoms with Crippen molar-refractivity contribution >= 4 is 28.5 Å². The van der Waals surface area contributed by atoms with Crippen molar-refractivity contribution in [2.24, 2.45) is 0 Å². The van der Waals surface area contributed by atoms with Crippen molar-refractivity contribution in [1.82, 2.24) is 0 Å². The van der Waals surface area contributed by atoms with Crippen LogP contribution in [-0.4, -0.2) is 33.6 Å². The molecule has 13 heavy (non-hydrogen) atoms. The number of hydrogen-bond acceptors (Lipinski definition) is 1. The van der Waals surface area contributed by atoms with Crippen LogP contribution in [0.25, 0.3) is 0 Å². The zero-order valence-electron chi connectivity index (χ0n) is 8.81. The molecule has 0 atom stereocenters. The number of unbranched alkanes of at least 4 members (excludes halogenated alkanes) is 5. The van der Waals surface area contributed by atoms with Crippen LogP contribution in [0.1, 0.15) is 52.4 Å². The summed E-state index contributed by atoms with van der Waals surface area (Å²) in [6.07, 6.45) is 8.71. The zero-order chi connectivity index (χ0) is 10.5. The van der Waals surface area contributed by atoms with Crippen LogP contribution in [-0.2, 0) is 4.79 Å². The average Bonchev–Trinajstić information content (AvgIpc) is 2.03. The van der Waals surface area contributed by atoms with Crippen LogP contribution in [0.3, 0.4) is 0 Å². The molecule has 0 aliphatic heterocycles. The van der Waals surface area contributed by atoms with Crippen LogP contribution in [0.5, 0.6) is 0 Å². The summed E-state index contributed by atoms with van der Waals surface area (Å²) in [6, 6.07) is 0. The molecule has 0 aromatic heterocycles. The predicted octanol–water partition coefficient (Wildman–Crippen LogP) is 3.02. The second-order valence-corrected chi connectivity index (χ2v) is 4.46. The monoisotopic (exact) mass is 293 g/mol. The molecule has 2 nitrogen and oxygen atoms in total. The van der Waals surface area contributed by atoms with E-state index in [9.17, 15) is 0 Å². The molecule has 0 aromatic rings. The van der Waals surface area contributed by atoms with Gasteiger partial charge in [-0.15, -0.1) is 0 Å². The van der Waals surface area contributed by atoms with E-state index in [4.69, 9.17) is 9.90 Å². The molecule has 0 bridgehead atoms. The molecule has 0 amide bonds. The number of rotatable bonds is 6. The van der Waals surface area contributed by atoms with Gasteiger partial charge in [0.2, 0.25) is 0 Å². The number of carboxylic acids is 1. The van der Waals surface area contributed by atoms with E-state index in [1.165, 1.54) is 43.0 Å². The molecule has 0 fully saturated rings. The SMILES string of the molecule is CC(=O)O.CCCCCCC[CH2][Sn]. The topological polar surface area (TPSA) is 37.3 Å². The van der Waals surface area contributed by atoms with Gasteiger partial charge in [0.25, 0.3) is 5.97 Å². The number of carbonyl (C=O) groups is 1. The van der Waals surface area contributed by atoms with Crippen molar-refractivity contribution in [1.29, 1.82) is 0 Å². The first-order valence-corrected chi connectivity index (χ1v) is 7.01. The number of hydrogen-bond donors (Lipinski definition) is 1. The molecular weight excluding hydrogens is 271 g/mol. The minimum absolute atomic E-state index is 0.833. The van der Waals surface area contributed by atoms with Crippen LogP contribution < -0.4 is 0 Å². The maximum atomic E-state index is 9.00.